The monoisotopic (exact) mass is 288 g/mol. The average Bonchev–Trinajstić information content (AvgIpc) is 2.71. The second kappa shape index (κ2) is 5.76. The highest BCUT2D eigenvalue weighted by atomic mass is 16.1. The third-order valence-electron chi connectivity index (χ3n) is 3.24. The van der Waals surface area contributed by atoms with E-state index in [0.717, 1.165) is 23.3 Å². The van der Waals surface area contributed by atoms with Gasteiger partial charge in [0.2, 0.25) is 5.91 Å². The number of amides is 1. The van der Waals surface area contributed by atoms with Gasteiger partial charge in [-0.05, 0) is 39.0 Å². The van der Waals surface area contributed by atoms with Crippen LogP contribution in [0.5, 0.6) is 0 Å². The van der Waals surface area contributed by atoms with Gasteiger partial charge in [0.05, 0.1) is 11.0 Å². The molecule has 0 fully saturated rings. The number of anilines is 1. The number of hydrogen-bond donors (Lipinski definition) is 2. The molecule has 1 aromatic heterocycles. The topological polar surface area (TPSA) is 72.9 Å². The summed E-state index contributed by atoms with van der Waals surface area (Å²) in [4.78, 5) is 16.6. The first-order valence-corrected chi connectivity index (χ1v) is 7.36. The number of carbonyl (C=O) groups excluding carboxylic acids is 1. The number of hydrogen-bond acceptors (Lipinski definition) is 3. The molecule has 5 heteroatoms. The second-order valence-electron chi connectivity index (χ2n) is 6.33. The summed E-state index contributed by atoms with van der Waals surface area (Å²) in [7, 11) is 0. The molecule has 21 heavy (non-hydrogen) atoms. The predicted molar refractivity (Wildman–Crippen MR) is 86.0 cm³/mol. The van der Waals surface area contributed by atoms with Crippen molar-refractivity contribution in [2.75, 3.05) is 5.73 Å². The zero-order valence-corrected chi connectivity index (χ0v) is 13.2. The van der Waals surface area contributed by atoms with Crippen molar-refractivity contribution < 1.29 is 4.79 Å². The number of benzene rings is 1. The number of nitrogens with two attached hydrogens (primary N) is 1. The molecule has 0 saturated heterocycles. The summed E-state index contributed by atoms with van der Waals surface area (Å²) >= 11 is 0. The van der Waals surface area contributed by atoms with Crippen molar-refractivity contribution in [3.8, 4) is 0 Å². The minimum absolute atomic E-state index is 0.0573. The lowest BCUT2D eigenvalue weighted by Gasteiger charge is -2.20. The maximum absolute atomic E-state index is 12.0. The van der Waals surface area contributed by atoms with E-state index in [2.05, 4.69) is 21.8 Å². The summed E-state index contributed by atoms with van der Waals surface area (Å²) in [5.41, 5.74) is 8.24. The molecule has 2 aromatic rings. The number of rotatable bonds is 4. The van der Waals surface area contributed by atoms with Crippen LogP contribution >= 0.6 is 0 Å². The third-order valence-corrected chi connectivity index (χ3v) is 3.24. The molecule has 2 rings (SSSR count). The molecule has 0 unspecified atom stereocenters. The second-order valence-corrected chi connectivity index (χ2v) is 6.33. The van der Waals surface area contributed by atoms with Crippen LogP contribution in [0.15, 0.2) is 18.2 Å². The van der Waals surface area contributed by atoms with Crippen LogP contribution in [0.3, 0.4) is 0 Å². The lowest BCUT2D eigenvalue weighted by Crippen LogP contribution is -2.40. The largest absolute Gasteiger partial charge is 0.399 e. The van der Waals surface area contributed by atoms with Crippen molar-refractivity contribution in [1.82, 2.24) is 14.9 Å². The Balaban J connectivity index is 2.19. The molecule has 0 aliphatic carbocycles. The van der Waals surface area contributed by atoms with Crippen molar-refractivity contribution in [1.29, 1.82) is 0 Å². The molecule has 0 atom stereocenters. The van der Waals surface area contributed by atoms with Gasteiger partial charge in [-0.2, -0.15) is 0 Å². The van der Waals surface area contributed by atoms with Gasteiger partial charge in [-0.25, -0.2) is 4.98 Å². The molecule has 0 saturated carbocycles. The first-order chi connectivity index (χ1) is 9.80. The summed E-state index contributed by atoms with van der Waals surface area (Å²) in [5.74, 6) is 1.04. The van der Waals surface area contributed by atoms with E-state index in [9.17, 15) is 4.79 Å². The summed E-state index contributed by atoms with van der Waals surface area (Å²) < 4.78 is 2.11. The van der Waals surface area contributed by atoms with E-state index in [1.54, 1.807) is 0 Å². The average molecular weight is 288 g/mol. The van der Waals surface area contributed by atoms with Gasteiger partial charge in [0.1, 0.15) is 5.82 Å². The maximum atomic E-state index is 12.0. The van der Waals surface area contributed by atoms with Gasteiger partial charge in [-0.3, -0.25) is 4.79 Å². The van der Waals surface area contributed by atoms with E-state index < -0.39 is 0 Å². The van der Waals surface area contributed by atoms with E-state index >= 15 is 0 Å². The number of carbonyl (C=O) groups is 1. The minimum Gasteiger partial charge on any atom is -0.399 e. The molecule has 0 bridgehead atoms. The standard InChI is InChI=1S/C16H24N4O/c1-5-14-18-12-10-11(17)6-7-13(12)20(14)9-8-15(21)19-16(2,3)4/h6-7,10H,5,8-9,17H2,1-4H3,(H,19,21). The van der Waals surface area contributed by atoms with Crippen LogP contribution in [0, 0.1) is 0 Å². The van der Waals surface area contributed by atoms with Gasteiger partial charge < -0.3 is 15.6 Å². The number of imidazole rings is 1. The minimum atomic E-state index is -0.198. The molecule has 5 nitrogen and oxygen atoms in total. The van der Waals surface area contributed by atoms with Crippen LogP contribution in [0.25, 0.3) is 11.0 Å². The number of nitrogens with one attached hydrogen (secondary N) is 1. The maximum Gasteiger partial charge on any atom is 0.222 e. The summed E-state index contributed by atoms with van der Waals surface area (Å²) in [6, 6.07) is 5.72. The summed E-state index contributed by atoms with van der Waals surface area (Å²) in [6.07, 6.45) is 1.27. The molecule has 1 aromatic carbocycles. The Hall–Kier alpha value is -2.04. The SMILES string of the molecule is CCc1nc2cc(N)ccc2n1CCC(=O)NC(C)(C)C. The first-order valence-electron chi connectivity index (χ1n) is 7.36. The van der Waals surface area contributed by atoms with Crippen molar-refractivity contribution in [3.63, 3.8) is 0 Å². The van der Waals surface area contributed by atoms with Crippen LogP contribution in [0.2, 0.25) is 0 Å². The molecule has 1 amide bonds. The predicted octanol–water partition coefficient (Wildman–Crippen LogP) is 2.49. The van der Waals surface area contributed by atoms with Gasteiger partial charge in [0.15, 0.2) is 0 Å². The number of aryl methyl sites for hydroxylation is 2. The Morgan fingerprint density at radius 1 is 1.38 bits per heavy atom. The fraction of sp³-hybridized carbons (Fsp3) is 0.500. The molecule has 114 valence electrons. The van der Waals surface area contributed by atoms with E-state index in [-0.39, 0.29) is 11.4 Å². The van der Waals surface area contributed by atoms with Gasteiger partial charge in [-0.15, -0.1) is 0 Å². The summed E-state index contributed by atoms with van der Waals surface area (Å²) in [6.45, 7) is 8.65. The van der Waals surface area contributed by atoms with Crippen LogP contribution in [0.4, 0.5) is 5.69 Å². The quantitative estimate of drug-likeness (QED) is 0.849. The van der Waals surface area contributed by atoms with Crippen LogP contribution < -0.4 is 11.1 Å². The van der Waals surface area contributed by atoms with E-state index in [4.69, 9.17) is 5.73 Å². The van der Waals surface area contributed by atoms with Crippen LogP contribution in [0.1, 0.15) is 39.9 Å². The Morgan fingerprint density at radius 2 is 2.10 bits per heavy atom. The zero-order chi connectivity index (χ0) is 15.6. The van der Waals surface area contributed by atoms with Gasteiger partial charge >= 0.3 is 0 Å². The first kappa shape index (κ1) is 15.4. The van der Waals surface area contributed by atoms with E-state index in [1.165, 1.54) is 0 Å². The Morgan fingerprint density at radius 3 is 2.71 bits per heavy atom. The van der Waals surface area contributed by atoms with Crippen LogP contribution in [-0.2, 0) is 17.8 Å². The van der Waals surface area contributed by atoms with Gasteiger partial charge in [0, 0.05) is 30.6 Å². The smallest absolute Gasteiger partial charge is 0.222 e. The highest BCUT2D eigenvalue weighted by Crippen LogP contribution is 2.20. The number of aromatic nitrogens is 2. The molecule has 0 radical (unpaired) electrons. The van der Waals surface area contributed by atoms with Crippen molar-refractivity contribution >= 4 is 22.6 Å². The van der Waals surface area contributed by atoms with Crippen molar-refractivity contribution in [2.45, 2.75) is 52.6 Å². The third kappa shape index (κ3) is 3.74. The Kier molecular flexibility index (Phi) is 4.21. The Labute approximate surface area is 125 Å². The summed E-state index contributed by atoms with van der Waals surface area (Å²) in [5, 5.41) is 2.98. The van der Waals surface area contributed by atoms with Crippen molar-refractivity contribution in [3.05, 3.63) is 24.0 Å². The van der Waals surface area contributed by atoms with Crippen LogP contribution in [-0.4, -0.2) is 21.0 Å². The van der Waals surface area contributed by atoms with E-state index in [1.807, 2.05) is 39.0 Å². The fourth-order valence-electron chi connectivity index (χ4n) is 2.41. The molecular weight excluding hydrogens is 264 g/mol. The number of nitrogens with zero attached hydrogens (tertiary/aromatic N) is 2. The highest BCUT2D eigenvalue weighted by Gasteiger charge is 2.15. The molecule has 0 spiro atoms. The molecule has 0 aliphatic rings. The number of nitrogen functional groups attached to an aromatic ring is 1. The van der Waals surface area contributed by atoms with E-state index in [0.29, 0.717) is 18.7 Å². The molecule has 3 N–H and O–H groups in total. The normalized spacial score (nSPS) is 11.8. The fourth-order valence-corrected chi connectivity index (χ4v) is 2.41. The van der Waals surface area contributed by atoms with Crippen molar-refractivity contribution in [2.24, 2.45) is 0 Å². The lowest BCUT2D eigenvalue weighted by molar-refractivity contribution is -0.122. The lowest BCUT2D eigenvalue weighted by atomic mass is 10.1. The Bertz CT molecular complexity index is 652. The molecular formula is C16H24N4O. The zero-order valence-electron chi connectivity index (χ0n) is 13.2. The number of fused-ring (bicyclic) bond motifs is 1. The molecule has 1 heterocycles. The van der Waals surface area contributed by atoms with Gasteiger partial charge in [-0.1, -0.05) is 6.92 Å². The molecule has 0 aliphatic heterocycles. The highest BCUT2D eigenvalue weighted by molar-refractivity contribution is 5.80. The van der Waals surface area contributed by atoms with Gasteiger partial charge in [0.25, 0.3) is 0 Å².